The molecule has 0 radical (unpaired) electrons. The summed E-state index contributed by atoms with van der Waals surface area (Å²) in [6, 6.07) is 26.1. The molecule has 0 bridgehead atoms. The lowest BCUT2D eigenvalue weighted by atomic mass is 9.98. The number of benzene rings is 3. The van der Waals surface area contributed by atoms with Crippen molar-refractivity contribution >= 4 is 17.4 Å². The molecule has 29 heavy (non-hydrogen) atoms. The largest absolute Gasteiger partial charge is 0.324 e. The van der Waals surface area contributed by atoms with Gasteiger partial charge in [-0.2, -0.15) is 0 Å². The van der Waals surface area contributed by atoms with E-state index in [0.717, 1.165) is 5.56 Å². The van der Waals surface area contributed by atoms with Crippen molar-refractivity contribution in [3.05, 3.63) is 102 Å². The molecule has 0 heterocycles. The molecule has 4 heteroatoms. The molecule has 0 aromatic heterocycles. The number of para-hydroxylation sites is 1. The fourth-order valence-electron chi connectivity index (χ4n) is 3.25. The van der Waals surface area contributed by atoms with E-state index in [4.69, 9.17) is 0 Å². The summed E-state index contributed by atoms with van der Waals surface area (Å²) in [6.45, 7) is 5.70. The summed E-state index contributed by atoms with van der Waals surface area (Å²) in [4.78, 5) is 25.9. The van der Waals surface area contributed by atoms with Gasteiger partial charge >= 0.3 is 0 Å². The minimum absolute atomic E-state index is 0.00172. The third-order valence-corrected chi connectivity index (χ3v) is 4.90. The first kappa shape index (κ1) is 20.5. The summed E-state index contributed by atoms with van der Waals surface area (Å²) in [5, 5.41) is 6.31. The summed E-state index contributed by atoms with van der Waals surface area (Å²) < 4.78 is 0. The number of nitrogens with one attached hydrogen (secondary N) is 2. The molecule has 1 amide bonds. The molecule has 0 unspecified atom stereocenters. The van der Waals surface area contributed by atoms with E-state index in [1.165, 1.54) is 0 Å². The van der Waals surface area contributed by atoms with Gasteiger partial charge in [0.2, 0.25) is 5.91 Å². The quantitative estimate of drug-likeness (QED) is 0.563. The van der Waals surface area contributed by atoms with Crippen LogP contribution >= 0.6 is 0 Å². The molecule has 0 saturated carbocycles. The Hall–Kier alpha value is -3.24. The zero-order valence-electron chi connectivity index (χ0n) is 17.0. The monoisotopic (exact) mass is 386 g/mol. The highest BCUT2D eigenvalue weighted by molar-refractivity contribution is 6.14. The van der Waals surface area contributed by atoms with Crippen LogP contribution in [0.4, 0.5) is 5.69 Å². The van der Waals surface area contributed by atoms with E-state index in [-0.39, 0.29) is 17.7 Å². The zero-order chi connectivity index (χ0) is 20.9. The van der Waals surface area contributed by atoms with Crippen LogP contribution in [-0.2, 0) is 4.79 Å². The third-order valence-electron chi connectivity index (χ3n) is 4.90. The highest BCUT2D eigenvalue weighted by Crippen LogP contribution is 2.22. The van der Waals surface area contributed by atoms with Crippen molar-refractivity contribution < 1.29 is 9.59 Å². The molecular weight excluding hydrogens is 360 g/mol. The van der Waals surface area contributed by atoms with Gasteiger partial charge in [0, 0.05) is 17.2 Å². The average Bonchev–Trinajstić information content (AvgIpc) is 2.74. The molecule has 1 atom stereocenters. The normalized spacial score (nSPS) is 12.2. The predicted octanol–water partition coefficient (Wildman–Crippen LogP) is 4.99. The second-order valence-electron chi connectivity index (χ2n) is 7.60. The standard InChI is InChI=1S/C25H26N2O2/c1-18(19-12-6-4-7-13-19)27-25(2,3)24(29)26-22-17-11-10-16-21(22)23(28)20-14-8-5-9-15-20/h4-18,27H,1-3H3,(H,26,29)/t18-/m1/s1. The van der Waals surface area contributed by atoms with Gasteiger partial charge < -0.3 is 5.32 Å². The van der Waals surface area contributed by atoms with E-state index in [9.17, 15) is 9.59 Å². The molecule has 0 fully saturated rings. The molecule has 3 aromatic carbocycles. The second-order valence-corrected chi connectivity index (χ2v) is 7.60. The van der Waals surface area contributed by atoms with Crippen LogP contribution in [0.1, 0.15) is 48.3 Å². The minimum atomic E-state index is -0.835. The number of carbonyl (C=O) groups is 2. The summed E-state index contributed by atoms with van der Waals surface area (Å²) >= 11 is 0. The molecule has 0 spiro atoms. The lowest BCUT2D eigenvalue weighted by Gasteiger charge is -2.29. The molecule has 0 saturated heterocycles. The minimum Gasteiger partial charge on any atom is -0.324 e. The Morgan fingerprint density at radius 1 is 0.793 bits per heavy atom. The summed E-state index contributed by atoms with van der Waals surface area (Å²) in [5.41, 5.74) is 1.84. The lowest BCUT2D eigenvalue weighted by molar-refractivity contribution is -0.121. The van der Waals surface area contributed by atoms with E-state index in [2.05, 4.69) is 10.6 Å². The van der Waals surface area contributed by atoms with Gasteiger partial charge in [-0.3, -0.25) is 14.9 Å². The maximum atomic E-state index is 13.0. The first-order valence-electron chi connectivity index (χ1n) is 9.71. The van der Waals surface area contributed by atoms with Crippen LogP contribution in [-0.4, -0.2) is 17.2 Å². The molecule has 0 aliphatic heterocycles. The van der Waals surface area contributed by atoms with Crippen molar-refractivity contribution in [2.45, 2.75) is 32.4 Å². The van der Waals surface area contributed by atoms with Gasteiger partial charge in [-0.25, -0.2) is 0 Å². The highest BCUT2D eigenvalue weighted by atomic mass is 16.2. The van der Waals surface area contributed by atoms with Crippen molar-refractivity contribution in [3.63, 3.8) is 0 Å². The predicted molar refractivity (Wildman–Crippen MR) is 117 cm³/mol. The van der Waals surface area contributed by atoms with Crippen LogP contribution in [0, 0.1) is 0 Å². The van der Waals surface area contributed by atoms with E-state index >= 15 is 0 Å². The van der Waals surface area contributed by atoms with Gasteiger partial charge in [0.15, 0.2) is 5.78 Å². The van der Waals surface area contributed by atoms with Crippen LogP contribution in [0.3, 0.4) is 0 Å². The van der Waals surface area contributed by atoms with E-state index in [1.807, 2.05) is 75.4 Å². The molecule has 2 N–H and O–H groups in total. The van der Waals surface area contributed by atoms with E-state index < -0.39 is 5.54 Å². The molecule has 4 nitrogen and oxygen atoms in total. The number of rotatable bonds is 7. The summed E-state index contributed by atoms with van der Waals surface area (Å²) in [7, 11) is 0. The lowest BCUT2D eigenvalue weighted by Crippen LogP contribution is -2.50. The molecule has 3 aromatic rings. The average molecular weight is 386 g/mol. The number of carbonyl (C=O) groups excluding carboxylic acids is 2. The number of hydrogen-bond acceptors (Lipinski definition) is 3. The topological polar surface area (TPSA) is 58.2 Å². The fourth-order valence-corrected chi connectivity index (χ4v) is 3.25. The van der Waals surface area contributed by atoms with Crippen molar-refractivity contribution in [2.75, 3.05) is 5.32 Å². The third kappa shape index (κ3) is 4.98. The van der Waals surface area contributed by atoms with Gasteiger partial charge in [-0.15, -0.1) is 0 Å². The Bertz CT molecular complexity index is 982. The number of amides is 1. The Labute approximate surface area is 172 Å². The molecule has 148 valence electrons. The van der Waals surface area contributed by atoms with Crippen molar-refractivity contribution in [2.24, 2.45) is 0 Å². The first-order valence-corrected chi connectivity index (χ1v) is 9.71. The van der Waals surface area contributed by atoms with Crippen molar-refractivity contribution in [3.8, 4) is 0 Å². The van der Waals surface area contributed by atoms with Crippen LogP contribution in [0.5, 0.6) is 0 Å². The zero-order valence-corrected chi connectivity index (χ0v) is 17.0. The molecule has 0 aliphatic carbocycles. The Kier molecular flexibility index (Phi) is 6.25. The number of hydrogen-bond donors (Lipinski definition) is 2. The Morgan fingerprint density at radius 3 is 2.00 bits per heavy atom. The highest BCUT2D eigenvalue weighted by Gasteiger charge is 2.30. The van der Waals surface area contributed by atoms with Gasteiger partial charge in [0.1, 0.15) is 0 Å². The van der Waals surface area contributed by atoms with Gasteiger partial charge in [-0.1, -0.05) is 72.8 Å². The molecular formula is C25H26N2O2. The van der Waals surface area contributed by atoms with Crippen molar-refractivity contribution in [1.82, 2.24) is 5.32 Å². The smallest absolute Gasteiger partial charge is 0.244 e. The van der Waals surface area contributed by atoms with Crippen LogP contribution in [0.15, 0.2) is 84.9 Å². The summed E-state index contributed by atoms with van der Waals surface area (Å²) in [6.07, 6.45) is 0. The van der Waals surface area contributed by atoms with Crippen LogP contribution < -0.4 is 10.6 Å². The van der Waals surface area contributed by atoms with Gasteiger partial charge in [0.05, 0.1) is 11.2 Å². The van der Waals surface area contributed by atoms with Gasteiger partial charge in [0.25, 0.3) is 0 Å². The van der Waals surface area contributed by atoms with E-state index in [0.29, 0.717) is 16.8 Å². The molecule has 0 aliphatic rings. The SMILES string of the molecule is C[C@@H](NC(C)(C)C(=O)Nc1ccccc1C(=O)c1ccccc1)c1ccccc1. The van der Waals surface area contributed by atoms with Crippen LogP contribution in [0.2, 0.25) is 0 Å². The molecule has 3 rings (SSSR count). The first-order chi connectivity index (χ1) is 13.9. The number of anilines is 1. The maximum Gasteiger partial charge on any atom is 0.244 e. The van der Waals surface area contributed by atoms with Gasteiger partial charge in [-0.05, 0) is 38.5 Å². The summed E-state index contributed by atoms with van der Waals surface area (Å²) in [5.74, 6) is -0.321. The maximum absolute atomic E-state index is 13.0. The second kappa shape index (κ2) is 8.84. The number of ketones is 1. The van der Waals surface area contributed by atoms with Crippen molar-refractivity contribution in [1.29, 1.82) is 0 Å². The van der Waals surface area contributed by atoms with E-state index in [1.54, 1.807) is 30.3 Å². The fraction of sp³-hybridized carbons (Fsp3) is 0.200. The Morgan fingerprint density at radius 2 is 1.34 bits per heavy atom. The van der Waals surface area contributed by atoms with Crippen LogP contribution in [0.25, 0.3) is 0 Å². The Balaban J connectivity index is 1.77.